The summed E-state index contributed by atoms with van der Waals surface area (Å²) in [5.41, 5.74) is 1.90. The van der Waals surface area contributed by atoms with Crippen molar-refractivity contribution in [3.63, 3.8) is 0 Å². The first kappa shape index (κ1) is 16.0. The van der Waals surface area contributed by atoms with Crippen LogP contribution in [0.4, 0.5) is 0 Å². The molecule has 2 heterocycles. The summed E-state index contributed by atoms with van der Waals surface area (Å²) in [4.78, 5) is 0.739. The highest BCUT2D eigenvalue weighted by atomic mass is 79.9. The van der Waals surface area contributed by atoms with Gasteiger partial charge in [-0.3, -0.25) is 0 Å². The average Bonchev–Trinajstić information content (AvgIpc) is 3.22. The highest BCUT2D eigenvalue weighted by Gasteiger charge is 2.16. The Morgan fingerprint density at radius 2 is 1.64 bits per heavy atom. The fraction of sp³-hybridized carbons (Fsp3) is 0.118. The number of aromatic nitrogens is 4. The molecule has 0 fully saturated rings. The van der Waals surface area contributed by atoms with Crippen molar-refractivity contribution >= 4 is 32.2 Å². The molecule has 0 radical (unpaired) electrons. The van der Waals surface area contributed by atoms with E-state index in [2.05, 4.69) is 31.2 Å². The lowest BCUT2D eigenvalue weighted by Gasteiger charge is -2.08. The van der Waals surface area contributed by atoms with Gasteiger partial charge >= 0.3 is 0 Å². The monoisotopic (exact) mass is 416 g/mol. The molecule has 8 heteroatoms. The normalized spacial score (nSPS) is 11.0. The van der Waals surface area contributed by atoms with Gasteiger partial charge in [0.2, 0.25) is 4.96 Å². The number of hydrogen-bond acceptors (Lipinski definition) is 6. The Morgan fingerprint density at radius 3 is 2.36 bits per heavy atom. The van der Waals surface area contributed by atoms with E-state index in [1.807, 2.05) is 42.5 Å². The third-order valence-corrected chi connectivity index (χ3v) is 5.20. The van der Waals surface area contributed by atoms with E-state index in [1.165, 1.54) is 11.3 Å². The van der Waals surface area contributed by atoms with Crippen LogP contribution in [-0.4, -0.2) is 34.0 Å². The molecule has 4 rings (SSSR count). The van der Waals surface area contributed by atoms with Gasteiger partial charge in [-0.15, -0.1) is 10.2 Å². The lowest BCUT2D eigenvalue weighted by atomic mass is 10.2. The summed E-state index contributed by atoms with van der Waals surface area (Å²) in [6.45, 7) is 0. The highest BCUT2D eigenvalue weighted by Crippen LogP contribution is 2.33. The summed E-state index contributed by atoms with van der Waals surface area (Å²) in [6, 6.07) is 13.7. The summed E-state index contributed by atoms with van der Waals surface area (Å²) in [7, 11) is 3.22. The molecule has 0 bridgehead atoms. The first-order valence-electron chi connectivity index (χ1n) is 7.40. The molecule has 0 unspecified atom stereocenters. The number of fused-ring (bicyclic) bond motifs is 1. The Bertz CT molecular complexity index is 1040. The average molecular weight is 417 g/mol. The number of benzene rings is 2. The highest BCUT2D eigenvalue weighted by molar-refractivity contribution is 9.10. The zero-order valence-electron chi connectivity index (χ0n) is 13.4. The Hall–Kier alpha value is -2.45. The Kier molecular flexibility index (Phi) is 4.14. The minimum absolute atomic E-state index is 0.639. The van der Waals surface area contributed by atoms with E-state index < -0.39 is 0 Å². The molecular weight excluding hydrogens is 404 g/mol. The molecule has 0 saturated heterocycles. The van der Waals surface area contributed by atoms with Crippen LogP contribution in [-0.2, 0) is 0 Å². The zero-order valence-corrected chi connectivity index (χ0v) is 15.8. The van der Waals surface area contributed by atoms with Gasteiger partial charge < -0.3 is 9.47 Å². The molecule has 2 aromatic heterocycles. The lowest BCUT2D eigenvalue weighted by Crippen LogP contribution is -1.94. The van der Waals surface area contributed by atoms with Gasteiger partial charge in [0.25, 0.3) is 0 Å². The van der Waals surface area contributed by atoms with Crippen LogP contribution >= 0.6 is 27.3 Å². The first-order valence-corrected chi connectivity index (χ1v) is 9.01. The summed E-state index contributed by atoms with van der Waals surface area (Å²) < 4.78 is 13.4. The maximum atomic E-state index is 5.37. The van der Waals surface area contributed by atoms with E-state index in [0.717, 1.165) is 25.6 Å². The maximum Gasteiger partial charge on any atom is 0.235 e. The van der Waals surface area contributed by atoms with Gasteiger partial charge in [0, 0.05) is 15.6 Å². The third kappa shape index (κ3) is 2.87. The van der Waals surface area contributed by atoms with Gasteiger partial charge in [-0.1, -0.05) is 39.4 Å². The molecule has 6 nitrogen and oxygen atoms in total. The third-order valence-electron chi connectivity index (χ3n) is 3.72. The Morgan fingerprint density at radius 1 is 0.920 bits per heavy atom. The molecule has 0 aliphatic carbocycles. The van der Waals surface area contributed by atoms with E-state index in [0.29, 0.717) is 17.3 Å². The van der Waals surface area contributed by atoms with E-state index >= 15 is 0 Å². The predicted molar refractivity (Wildman–Crippen MR) is 100 cm³/mol. The molecule has 25 heavy (non-hydrogen) atoms. The van der Waals surface area contributed by atoms with Gasteiger partial charge in [-0.25, -0.2) is 0 Å². The van der Waals surface area contributed by atoms with E-state index in [9.17, 15) is 0 Å². The van der Waals surface area contributed by atoms with Crippen molar-refractivity contribution in [3.8, 4) is 33.5 Å². The Balaban J connectivity index is 1.80. The summed E-state index contributed by atoms with van der Waals surface area (Å²) in [5, 5.41) is 14.1. The van der Waals surface area contributed by atoms with Gasteiger partial charge in [-0.2, -0.15) is 9.61 Å². The molecule has 0 saturated carbocycles. The van der Waals surface area contributed by atoms with Crippen LogP contribution in [0.2, 0.25) is 0 Å². The smallest absolute Gasteiger partial charge is 0.235 e. The number of ether oxygens (including phenoxy) is 2. The second-order valence-corrected chi connectivity index (χ2v) is 7.07. The van der Waals surface area contributed by atoms with Crippen LogP contribution < -0.4 is 9.47 Å². The number of hydrogen-bond donors (Lipinski definition) is 0. The zero-order chi connectivity index (χ0) is 17.4. The first-order chi connectivity index (χ1) is 12.2. The molecule has 4 aromatic rings. The van der Waals surface area contributed by atoms with Crippen LogP contribution in [0.1, 0.15) is 0 Å². The summed E-state index contributed by atoms with van der Waals surface area (Å²) >= 11 is 4.94. The predicted octanol–water partition coefficient (Wildman–Crippen LogP) is 4.30. The van der Waals surface area contributed by atoms with E-state index in [1.54, 1.807) is 18.7 Å². The molecule has 0 spiro atoms. The lowest BCUT2D eigenvalue weighted by molar-refractivity contribution is 0.355. The maximum absolute atomic E-state index is 5.37. The largest absolute Gasteiger partial charge is 0.493 e. The second-order valence-electron chi connectivity index (χ2n) is 5.20. The summed E-state index contributed by atoms with van der Waals surface area (Å²) in [6.07, 6.45) is 0. The SMILES string of the molecule is COc1ccc(-c2nnc3sc(-c4ccc(Br)cc4)nn23)cc1OC. The van der Waals surface area contributed by atoms with E-state index in [-0.39, 0.29) is 0 Å². The van der Waals surface area contributed by atoms with Gasteiger partial charge in [0.05, 0.1) is 14.2 Å². The van der Waals surface area contributed by atoms with Crippen LogP contribution in [0.5, 0.6) is 11.5 Å². The Labute approximate surface area is 156 Å². The molecule has 0 atom stereocenters. The minimum atomic E-state index is 0.639. The standard InChI is InChI=1S/C17H13BrN4O2S/c1-23-13-8-5-11(9-14(13)24-2)15-19-20-17-22(15)21-16(25-17)10-3-6-12(18)7-4-10/h3-9H,1-2H3. The van der Waals surface area contributed by atoms with Crippen LogP contribution in [0, 0.1) is 0 Å². The minimum Gasteiger partial charge on any atom is -0.493 e. The van der Waals surface area contributed by atoms with Crippen LogP contribution in [0.25, 0.3) is 26.9 Å². The van der Waals surface area contributed by atoms with Gasteiger partial charge in [0.1, 0.15) is 5.01 Å². The van der Waals surface area contributed by atoms with Gasteiger partial charge in [-0.05, 0) is 30.3 Å². The van der Waals surface area contributed by atoms with Crippen LogP contribution in [0.15, 0.2) is 46.9 Å². The molecule has 2 aromatic carbocycles. The molecule has 0 N–H and O–H groups in total. The van der Waals surface area contributed by atoms with Crippen molar-refractivity contribution in [2.75, 3.05) is 14.2 Å². The summed E-state index contributed by atoms with van der Waals surface area (Å²) in [5.74, 6) is 1.97. The molecule has 126 valence electrons. The topological polar surface area (TPSA) is 61.5 Å². The fourth-order valence-electron chi connectivity index (χ4n) is 2.48. The van der Waals surface area contributed by atoms with Crippen molar-refractivity contribution in [1.29, 1.82) is 0 Å². The van der Waals surface area contributed by atoms with Crippen molar-refractivity contribution in [1.82, 2.24) is 19.8 Å². The molecular formula is C17H13BrN4O2S. The number of nitrogens with zero attached hydrogens (tertiary/aromatic N) is 4. The van der Waals surface area contributed by atoms with Crippen molar-refractivity contribution in [3.05, 3.63) is 46.9 Å². The molecule has 0 amide bonds. The van der Waals surface area contributed by atoms with Crippen LogP contribution in [0.3, 0.4) is 0 Å². The number of halogens is 1. The van der Waals surface area contributed by atoms with E-state index in [4.69, 9.17) is 9.47 Å². The molecule has 0 aliphatic heterocycles. The van der Waals surface area contributed by atoms with Crippen molar-refractivity contribution in [2.24, 2.45) is 0 Å². The number of rotatable bonds is 4. The number of methoxy groups -OCH3 is 2. The molecule has 0 aliphatic rings. The van der Waals surface area contributed by atoms with Crippen molar-refractivity contribution in [2.45, 2.75) is 0 Å². The quantitative estimate of drug-likeness (QED) is 0.496. The van der Waals surface area contributed by atoms with Crippen molar-refractivity contribution < 1.29 is 9.47 Å². The second kappa shape index (κ2) is 6.45. The fourth-order valence-corrected chi connectivity index (χ4v) is 3.59. The van der Waals surface area contributed by atoms with Gasteiger partial charge in [0.15, 0.2) is 17.3 Å².